The van der Waals surface area contributed by atoms with Crippen LogP contribution in [0.3, 0.4) is 0 Å². The summed E-state index contributed by atoms with van der Waals surface area (Å²) in [6.07, 6.45) is 5.20. The lowest BCUT2D eigenvalue weighted by atomic mass is 9.89. The maximum Gasteiger partial charge on any atom is 0.269 e. The Labute approximate surface area is 202 Å². The van der Waals surface area contributed by atoms with Crippen LogP contribution in [0.15, 0.2) is 53.7 Å². The highest BCUT2D eigenvalue weighted by Gasteiger charge is 2.22. The Kier molecular flexibility index (Phi) is 7.79. The van der Waals surface area contributed by atoms with Crippen LogP contribution in [0.2, 0.25) is 0 Å². The first kappa shape index (κ1) is 23.7. The minimum Gasteiger partial charge on any atom is -0.497 e. The number of hydrogen-bond donors (Lipinski definition) is 1. The molecular weight excluding hydrogens is 454 g/mol. The quantitative estimate of drug-likeness (QED) is 0.268. The van der Waals surface area contributed by atoms with Gasteiger partial charge in [0, 0.05) is 29.5 Å². The van der Waals surface area contributed by atoms with Crippen molar-refractivity contribution in [1.29, 1.82) is 0 Å². The first-order valence-electron chi connectivity index (χ1n) is 11.3. The lowest BCUT2D eigenvalue weighted by Gasteiger charge is -2.20. The lowest BCUT2D eigenvalue weighted by Crippen LogP contribution is -2.32. The zero-order valence-corrected chi connectivity index (χ0v) is 19.8. The fourth-order valence-corrected chi connectivity index (χ4v) is 4.99. The number of ether oxygens (including phenoxy) is 1. The highest BCUT2D eigenvalue weighted by Crippen LogP contribution is 2.28. The van der Waals surface area contributed by atoms with E-state index in [9.17, 15) is 14.9 Å². The maximum atomic E-state index is 12.7. The average molecular weight is 482 g/mol. The van der Waals surface area contributed by atoms with Crippen molar-refractivity contribution in [1.82, 2.24) is 20.1 Å². The van der Waals surface area contributed by atoms with Crippen LogP contribution >= 0.6 is 11.8 Å². The second-order valence-electron chi connectivity index (χ2n) is 8.20. The molecule has 34 heavy (non-hydrogen) atoms. The average Bonchev–Trinajstić information content (AvgIpc) is 3.29. The van der Waals surface area contributed by atoms with Crippen LogP contribution in [0.4, 0.5) is 5.69 Å². The first-order valence-corrected chi connectivity index (χ1v) is 12.3. The van der Waals surface area contributed by atoms with E-state index in [4.69, 9.17) is 4.74 Å². The largest absolute Gasteiger partial charge is 0.497 e. The van der Waals surface area contributed by atoms with Gasteiger partial charge in [-0.2, -0.15) is 0 Å². The number of nitro groups is 1. The van der Waals surface area contributed by atoms with Crippen molar-refractivity contribution in [3.8, 4) is 11.4 Å². The molecule has 1 N–H and O–H groups in total. The summed E-state index contributed by atoms with van der Waals surface area (Å²) in [4.78, 5) is 23.3. The van der Waals surface area contributed by atoms with Crippen molar-refractivity contribution in [3.63, 3.8) is 0 Å². The SMILES string of the molecule is COc1cccc(CSc2nnc(CNC(=O)C3CCCCC3)n2-c2ccc([N+](=O)[O-])cc2)c1. The van der Waals surface area contributed by atoms with Crippen molar-refractivity contribution in [3.05, 3.63) is 70.0 Å². The third-order valence-electron chi connectivity index (χ3n) is 5.92. The van der Waals surface area contributed by atoms with Gasteiger partial charge in [-0.15, -0.1) is 10.2 Å². The molecule has 2 aromatic carbocycles. The van der Waals surface area contributed by atoms with Gasteiger partial charge in [0.2, 0.25) is 5.91 Å². The normalized spacial score (nSPS) is 14.0. The van der Waals surface area contributed by atoms with Crippen LogP contribution in [0.1, 0.15) is 43.5 Å². The monoisotopic (exact) mass is 481 g/mol. The Hall–Kier alpha value is -3.40. The summed E-state index contributed by atoms with van der Waals surface area (Å²) >= 11 is 1.50. The van der Waals surface area contributed by atoms with E-state index in [-0.39, 0.29) is 24.1 Å². The third kappa shape index (κ3) is 5.74. The first-order chi connectivity index (χ1) is 16.5. The van der Waals surface area contributed by atoms with Gasteiger partial charge < -0.3 is 10.1 Å². The predicted octanol–water partition coefficient (Wildman–Crippen LogP) is 4.67. The van der Waals surface area contributed by atoms with E-state index in [0.29, 0.717) is 22.4 Å². The Bertz CT molecular complexity index is 1140. The zero-order chi connectivity index (χ0) is 23.9. The summed E-state index contributed by atoms with van der Waals surface area (Å²) in [6.45, 7) is 0.235. The number of methoxy groups -OCH3 is 1. The number of benzene rings is 2. The van der Waals surface area contributed by atoms with Gasteiger partial charge in [0.25, 0.3) is 5.69 Å². The van der Waals surface area contributed by atoms with Crippen molar-refractivity contribution in [2.45, 2.75) is 49.6 Å². The second kappa shape index (κ2) is 11.1. The summed E-state index contributed by atoms with van der Waals surface area (Å²) in [5.74, 6) is 2.08. The number of nitrogens with zero attached hydrogens (tertiary/aromatic N) is 4. The molecule has 178 valence electrons. The molecule has 1 aromatic heterocycles. The standard InChI is InChI=1S/C24H27N5O4S/c1-33-21-9-5-6-17(14-21)16-34-24-27-26-22(15-25-23(30)18-7-3-2-4-8-18)28(24)19-10-12-20(13-11-19)29(31)32/h5-6,9-14,18H,2-4,7-8,15-16H2,1H3,(H,25,30). The third-order valence-corrected chi connectivity index (χ3v) is 6.92. The molecule has 1 fully saturated rings. The zero-order valence-electron chi connectivity index (χ0n) is 19.0. The Morgan fingerprint density at radius 3 is 2.65 bits per heavy atom. The maximum absolute atomic E-state index is 12.7. The highest BCUT2D eigenvalue weighted by atomic mass is 32.2. The number of carbonyl (C=O) groups excluding carboxylic acids is 1. The molecule has 0 unspecified atom stereocenters. The van der Waals surface area contributed by atoms with Crippen molar-refractivity contribution >= 4 is 23.4 Å². The van der Waals surface area contributed by atoms with Crippen molar-refractivity contribution < 1.29 is 14.5 Å². The molecule has 1 heterocycles. The summed E-state index contributed by atoms with van der Waals surface area (Å²) in [7, 11) is 1.63. The molecule has 0 saturated heterocycles. The number of aromatic nitrogens is 3. The van der Waals surface area contributed by atoms with Gasteiger partial charge in [-0.3, -0.25) is 19.5 Å². The smallest absolute Gasteiger partial charge is 0.269 e. The predicted molar refractivity (Wildman–Crippen MR) is 129 cm³/mol. The van der Waals surface area contributed by atoms with Crippen LogP contribution in [0, 0.1) is 16.0 Å². The molecule has 0 atom stereocenters. The van der Waals surface area contributed by atoms with Crippen LogP contribution in [-0.4, -0.2) is 32.7 Å². The van der Waals surface area contributed by atoms with Crippen LogP contribution < -0.4 is 10.1 Å². The van der Waals surface area contributed by atoms with Gasteiger partial charge in [-0.1, -0.05) is 43.2 Å². The number of amides is 1. The molecular formula is C24H27N5O4S. The van der Waals surface area contributed by atoms with Crippen LogP contribution in [-0.2, 0) is 17.1 Å². The molecule has 0 bridgehead atoms. The fraction of sp³-hybridized carbons (Fsp3) is 0.375. The summed E-state index contributed by atoms with van der Waals surface area (Å²) < 4.78 is 7.14. The number of rotatable bonds is 9. The summed E-state index contributed by atoms with van der Waals surface area (Å²) in [5.41, 5.74) is 1.77. The van der Waals surface area contributed by atoms with E-state index in [1.807, 2.05) is 28.8 Å². The molecule has 3 aromatic rings. The molecule has 1 amide bonds. The molecule has 1 saturated carbocycles. The Morgan fingerprint density at radius 2 is 1.94 bits per heavy atom. The molecule has 4 rings (SSSR count). The molecule has 0 aliphatic heterocycles. The van der Waals surface area contributed by atoms with E-state index in [0.717, 1.165) is 37.0 Å². The highest BCUT2D eigenvalue weighted by molar-refractivity contribution is 7.98. The minimum atomic E-state index is -0.431. The van der Waals surface area contributed by atoms with E-state index in [1.54, 1.807) is 19.2 Å². The summed E-state index contributed by atoms with van der Waals surface area (Å²) in [6, 6.07) is 14.0. The number of hydrogen-bond acceptors (Lipinski definition) is 7. The van der Waals surface area contributed by atoms with Crippen molar-refractivity contribution in [2.24, 2.45) is 5.92 Å². The van der Waals surface area contributed by atoms with Gasteiger partial charge in [-0.25, -0.2) is 0 Å². The number of non-ortho nitro benzene ring substituents is 1. The topological polar surface area (TPSA) is 112 Å². The van der Waals surface area contributed by atoms with Gasteiger partial charge >= 0.3 is 0 Å². The molecule has 0 spiro atoms. The van der Waals surface area contributed by atoms with Gasteiger partial charge in [0.05, 0.1) is 18.6 Å². The van der Waals surface area contributed by atoms with Crippen molar-refractivity contribution in [2.75, 3.05) is 7.11 Å². The number of nitrogens with one attached hydrogen (secondary N) is 1. The van der Waals surface area contributed by atoms with E-state index in [1.165, 1.54) is 30.3 Å². The van der Waals surface area contributed by atoms with Crippen LogP contribution in [0.25, 0.3) is 5.69 Å². The summed E-state index contributed by atoms with van der Waals surface area (Å²) in [5, 5.41) is 23.4. The number of carbonyl (C=O) groups is 1. The molecule has 9 nitrogen and oxygen atoms in total. The Morgan fingerprint density at radius 1 is 1.18 bits per heavy atom. The fourth-order valence-electron chi connectivity index (χ4n) is 4.08. The van der Waals surface area contributed by atoms with E-state index < -0.39 is 4.92 Å². The number of thioether (sulfide) groups is 1. The second-order valence-corrected chi connectivity index (χ2v) is 9.14. The van der Waals surface area contributed by atoms with E-state index >= 15 is 0 Å². The van der Waals surface area contributed by atoms with Gasteiger partial charge in [0.1, 0.15) is 5.75 Å². The lowest BCUT2D eigenvalue weighted by molar-refractivity contribution is -0.384. The molecule has 1 aliphatic rings. The van der Waals surface area contributed by atoms with Gasteiger partial charge in [-0.05, 0) is 42.7 Å². The molecule has 0 radical (unpaired) electrons. The molecule has 10 heteroatoms. The number of nitro benzene ring substituents is 1. The van der Waals surface area contributed by atoms with E-state index in [2.05, 4.69) is 15.5 Å². The van der Waals surface area contributed by atoms with Gasteiger partial charge in [0.15, 0.2) is 11.0 Å². The minimum absolute atomic E-state index is 0.00885. The van der Waals surface area contributed by atoms with Crippen LogP contribution in [0.5, 0.6) is 5.75 Å². The Balaban J connectivity index is 1.55. The molecule has 1 aliphatic carbocycles.